The van der Waals surface area contributed by atoms with Crippen LogP contribution in [0, 0.1) is 0 Å². The van der Waals surface area contributed by atoms with Gasteiger partial charge in [0, 0.05) is 37.7 Å². The maximum absolute atomic E-state index is 12.9. The molecule has 0 radical (unpaired) electrons. The van der Waals surface area contributed by atoms with Gasteiger partial charge in [-0.25, -0.2) is 0 Å². The highest BCUT2D eigenvalue weighted by Gasteiger charge is 2.24. The van der Waals surface area contributed by atoms with Crippen molar-refractivity contribution in [1.29, 1.82) is 0 Å². The molecule has 1 saturated heterocycles. The summed E-state index contributed by atoms with van der Waals surface area (Å²) in [7, 11) is 0. The van der Waals surface area contributed by atoms with Gasteiger partial charge in [0.2, 0.25) is 0 Å². The van der Waals surface area contributed by atoms with Gasteiger partial charge in [0.05, 0.1) is 12.6 Å². The third-order valence-corrected chi connectivity index (χ3v) is 4.15. The second-order valence-electron chi connectivity index (χ2n) is 5.85. The molecular weight excluding hydrogens is 308 g/mol. The first-order chi connectivity index (χ1) is 11.8. The standard InChI is InChI=1S/C16H18N6O2/c23-16(12-3-4-14-15(9-12)19-20-18-14)21-6-2-8-24-13(10-21)11-22-7-1-5-17-22/h1,3-5,7,9,13H,2,6,8,10-11H2,(H,18,19,20)/t13-/m0/s1. The molecule has 0 aliphatic carbocycles. The van der Waals surface area contributed by atoms with Crippen molar-refractivity contribution in [1.82, 2.24) is 30.1 Å². The predicted molar refractivity (Wildman–Crippen MR) is 86.4 cm³/mol. The van der Waals surface area contributed by atoms with Gasteiger partial charge < -0.3 is 9.64 Å². The van der Waals surface area contributed by atoms with Gasteiger partial charge in [-0.15, -0.1) is 0 Å². The van der Waals surface area contributed by atoms with Gasteiger partial charge >= 0.3 is 0 Å². The molecule has 2 aromatic heterocycles. The number of aromatic amines is 1. The molecule has 1 atom stereocenters. The molecule has 0 saturated carbocycles. The lowest BCUT2D eigenvalue weighted by Crippen LogP contribution is -2.38. The van der Waals surface area contributed by atoms with E-state index in [4.69, 9.17) is 4.74 Å². The Morgan fingerprint density at radius 2 is 2.25 bits per heavy atom. The molecule has 8 heteroatoms. The average molecular weight is 326 g/mol. The summed E-state index contributed by atoms with van der Waals surface area (Å²) in [4.78, 5) is 14.7. The van der Waals surface area contributed by atoms with Crippen LogP contribution in [0.15, 0.2) is 36.7 Å². The summed E-state index contributed by atoms with van der Waals surface area (Å²) >= 11 is 0. The Bertz CT molecular complexity index is 828. The molecular formula is C16H18N6O2. The molecule has 3 heterocycles. The Balaban J connectivity index is 1.51. The molecule has 1 aliphatic rings. The van der Waals surface area contributed by atoms with Crippen molar-refractivity contribution in [3.05, 3.63) is 42.2 Å². The van der Waals surface area contributed by atoms with Crippen LogP contribution < -0.4 is 0 Å². The van der Waals surface area contributed by atoms with Crippen molar-refractivity contribution in [3.63, 3.8) is 0 Å². The molecule has 124 valence electrons. The first-order valence-electron chi connectivity index (χ1n) is 7.98. The van der Waals surface area contributed by atoms with Gasteiger partial charge in [0.15, 0.2) is 0 Å². The van der Waals surface area contributed by atoms with Crippen LogP contribution in [-0.2, 0) is 11.3 Å². The number of ether oxygens (including phenoxy) is 1. The largest absolute Gasteiger partial charge is 0.374 e. The van der Waals surface area contributed by atoms with E-state index in [0.717, 1.165) is 11.9 Å². The van der Waals surface area contributed by atoms with E-state index < -0.39 is 0 Å². The average Bonchev–Trinajstić information content (AvgIpc) is 3.22. The van der Waals surface area contributed by atoms with Gasteiger partial charge in [-0.1, -0.05) is 0 Å². The van der Waals surface area contributed by atoms with E-state index in [1.54, 1.807) is 18.3 Å². The smallest absolute Gasteiger partial charge is 0.254 e. The second kappa shape index (κ2) is 6.40. The zero-order valence-corrected chi connectivity index (χ0v) is 13.1. The second-order valence-corrected chi connectivity index (χ2v) is 5.85. The Morgan fingerprint density at radius 3 is 3.12 bits per heavy atom. The highest BCUT2D eigenvalue weighted by molar-refractivity contribution is 5.97. The third-order valence-electron chi connectivity index (χ3n) is 4.15. The Hall–Kier alpha value is -2.74. The predicted octanol–water partition coefficient (Wildman–Crippen LogP) is 1.09. The highest BCUT2D eigenvalue weighted by Crippen LogP contribution is 2.15. The fraction of sp³-hybridized carbons (Fsp3) is 0.375. The van der Waals surface area contributed by atoms with Crippen LogP contribution >= 0.6 is 0 Å². The fourth-order valence-electron chi connectivity index (χ4n) is 2.96. The zero-order valence-electron chi connectivity index (χ0n) is 13.1. The van der Waals surface area contributed by atoms with E-state index in [0.29, 0.717) is 37.3 Å². The minimum atomic E-state index is -0.0628. The minimum absolute atomic E-state index is 0.00383. The maximum atomic E-state index is 12.9. The Kier molecular flexibility index (Phi) is 3.96. The molecule has 0 unspecified atom stereocenters. The van der Waals surface area contributed by atoms with Crippen molar-refractivity contribution in [2.45, 2.75) is 19.1 Å². The number of fused-ring (bicyclic) bond motifs is 1. The fourth-order valence-corrected chi connectivity index (χ4v) is 2.96. The molecule has 1 aliphatic heterocycles. The summed E-state index contributed by atoms with van der Waals surface area (Å²) in [5, 5.41) is 14.8. The number of hydrogen-bond acceptors (Lipinski definition) is 5. The van der Waals surface area contributed by atoms with Crippen LogP contribution in [-0.4, -0.2) is 61.8 Å². The molecule has 0 spiro atoms. The summed E-state index contributed by atoms with van der Waals surface area (Å²) < 4.78 is 7.70. The van der Waals surface area contributed by atoms with Crippen molar-refractivity contribution in [2.24, 2.45) is 0 Å². The van der Waals surface area contributed by atoms with Gasteiger partial charge in [-0.2, -0.15) is 20.5 Å². The number of rotatable bonds is 3. The summed E-state index contributed by atoms with van der Waals surface area (Å²) in [5.41, 5.74) is 2.07. The molecule has 24 heavy (non-hydrogen) atoms. The van der Waals surface area contributed by atoms with Crippen molar-refractivity contribution >= 4 is 16.9 Å². The van der Waals surface area contributed by atoms with Crippen molar-refractivity contribution in [2.75, 3.05) is 19.7 Å². The molecule has 8 nitrogen and oxygen atoms in total. The quantitative estimate of drug-likeness (QED) is 0.778. The van der Waals surface area contributed by atoms with E-state index in [1.807, 2.05) is 27.9 Å². The molecule has 1 N–H and O–H groups in total. The third kappa shape index (κ3) is 3.00. The summed E-state index contributed by atoms with van der Waals surface area (Å²) in [5.74, 6) is -0.00383. The number of H-pyrrole nitrogens is 1. The van der Waals surface area contributed by atoms with Gasteiger partial charge in [-0.3, -0.25) is 9.48 Å². The van der Waals surface area contributed by atoms with Crippen LogP contribution in [0.1, 0.15) is 16.8 Å². The number of hydrogen-bond donors (Lipinski definition) is 1. The number of carbonyl (C=O) groups is 1. The summed E-state index contributed by atoms with van der Waals surface area (Å²) in [6.07, 6.45) is 4.41. The van der Waals surface area contributed by atoms with Crippen LogP contribution in [0.5, 0.6) is 0 Å². The number of nitrogens with zero attached hydrogens (tertiary/aromatic N) is 5. The lowest BCUT2D eigenvalue weighted by Gasteiger charge is -2.24. The van der Waals surface area contributed by atoms with E-state index >= 15 is 0 Å². The van der Waals surface area contributed by atoms with Crippen molar-refractivity contribution in [3.8, 4) is 0 Å². The molecule has 1 amide bonds. The Labute approximate surface area is 138 Å². The van der Waals surface area contributed by atoms with Gasteiger partial charge in [-0.05, 0) is 30.7 Å². The molecule has 3 aromatic rings. The minimum Gasteiger partial charge on any atom is -0.374 e. The van der Waals surface area contributed by atoms with Crippen LogP contribution in [0.25, 0.3) is 11.0 Å². The summed E-state index contributed by atoms with van der Waals surface area (Å²) in [6, 6.07) is 7.26. The SMILES string of the molecule is O=C(c1ccc2n[nH]nc2c1)N1CCCO[C@H](Cn2cccn2)C1. The number of benzene rings is 1. The maximum Gasteiger partial charge on any atom is 0.254 e. The molecule has 0 bridgehead atoms. The van der Waals surface area contributed by atoms with Gasteiger partial charge in [0.25, 0.3) is 5.91 Å². The first kappa shape index (κ1) is 14.8. The zero-order chi connectivity index (χ0) is 16.4. The van der Waals surface area contributed by atoms with E-state index in [9.17, 15) is 4.79 Å². The summed E-state index contributed by atoms with van der Waals surface area (Å²) in [6.45, 7) is 2.53. The molecule has 4 rings (SSSR count). The Morgan fingerprint density at radius 1 is 1.33 bits per heavy atom. The topological polar surface area (TPSA) is 88.9 Å². The van der Waals surface area contributed by atoms with E-state index in [-0.39, 0.29) is 12.0 Å². The van der Waals surface area contributed by atoms with Crippen LogP contribution in [0.4, 0.5) is 0 Å². The van der Waals surface area contributed by atoms with Crippen molar-refractivity contribution < 1.29 is 9.53 Å². The normalized spacial score (nSPS) is 18.7. The van der Waals surface area contributed by atoms with Crippen LogP contribution in [0.3, 0.4) is 0 Å². The number of aromatic nitrogens is 5. The number of carbonyl (C=O) groups excluding carboxylic acids is 1. The first-order valence-corrected chi connectivity index (χ1v) is 7.98. The highest BCUT2D eigenvalue weighted by atomic mass is 16.5. The van der Waals surface area contributed by atoms with Gasteiger partial charge in [0.1, 0.15) is 11.0 Å². The monoisotopic (exact) mass is 326 g/mol. The van der Waals surface area contributed by atoms with E-state index in [1.165, 1.54) is 0 Å². The molecule has 1 aromatic carbocycles. The lowest BCUT2D eigenvalue weighted by atomic mass is 10.1. The molecule has 1 fully saturated rings. The van der Waals surface area contributed by atoms with E-state index in [2.05, 4.69) is 20.5 Å². The number of nitrogens with one attached hydrogen (secondary N) is 1. The van der Waals surface area contributed by atoms with Crippen LogP contribution in [0.2, 0.25) is 0 Å². The number of amides is 1. The lowest BCUT2D eigenvalue weighted by molar-refractivity contribution is 0.0367.